The molecule has 0 amide bonds. The lowest BCUT2D eigenvalue weighted by Gasteiger charge is -2.17. The van der Waals surface area contributed by atoms with Crippen LogP contribution in [0, 0.1) is 16.0 Å². The molecule has 8 nitrogen and oxygen atoms in total. The van der Waals surface area contributed by atoms with E-state index in [0.717, 1.165) is 6.07 Å². The zero-order valence-electron chi connectivity index (χ0n) is 11.3. The van der Waals surface area contributed by atoms with E-state index in [2.05, 4.69) is 0 Å². The van der Waals surface area contributed by atoms with E-state index in [4.69, 9.17) is 10.8 Å². The molecule has 1 aromatic rings. The number of nitrogens with zero attached hydrogens (tertiary/aromatic N) is 2. The van der Waals surface area contributed by atoms with Gasteiger partial charge in [0.05, 0.1) is 10.6 Å². The van der Waals surface area contributed by atoms with Gasteiger partial charge in [0.25, 0.3) is 5.69 Å². The number of rotatable bonds is 5. The van der Waals surface area contributed by atoms with Crippen molar-refractivity contribution in [2.24, 2.45) is 5.92 Å². The molecule has 9 heteroatoms. The van der Waals surface area contributed by atoms with Gasteiger partial charge < -0.3 is 10.8 Å². The second kappa shape index (κ2) is 5.96. The van der Waals surface area contributed by atoms with Gasteiger partial charge in [-0.2, -0.15) is 4.31 Å². The molecule has 0 saturated carbocycles. The molecule has 21 heavy (non-hydrogen) atoms. The topological polar surface area (TPSA) is 127 Å². The van der Waals surface area contributed by atoms with Crippen LogP contribution in [-0.2, 0) is 10.0 Å². The van der Waals surface area contributed by atoms with Gasteiger partial charge >= 0.3 is 0 Å². The van der Waals surface area contributed by atoms with Gasteiger partial charge in [0.1, 0.15) is 4.90 Å². The highest BCUT2D eigenvalue weighted by Gasteiger charge is 2.34. The molecular formula is C12H17N3O5S. The quantitative estimate of drug-likeness (QED) is 0.464. The minimum Gasteiger partial charge on any atom is -0.398 e. The lowest BCUT2D eigenvalue weighted by molar-refractivity contribution is -0.385. The fraction of sp³-hybridized carbons (Fsp3) is 0.500. The molecule has 1 saturated heterocycles. The average molecular weight is 315 g/mol. The molecule has 0 bridgehead atoms. The summed E-state index contributed by atoms with van der Waals surface area (Å²) in [7, 11) is -3.85. The Morgan fingerprint density at radius 2 is 2.19 bits per heavy atom. The number of non-ortho nitro benzene ring substituents is 1. The van der Waals surface area contributed by atoms with Gasteiger partial charge in [-0.05, 0) is 24.8 Å². The first-order chi connectivity index (χ1) is 9.86. The van der Waals surface area contributed by atoms with Crippen molar-refractivity contribution in [2.75, 3.05) is 25.4 Å². The fourth-order valence-corrected chi connectivity index (χ4v) is 4.10. The minimum atomic E-state index is -3.85. The third kappa shape index (κ3) is 3.14. The van der Waals surface area contributed by atoms with Crippen molar-refractivity contribution >= 4 is 21.4 Å². The van der Waals surface area contributed by atoms with Gasteiger partial charge in [-0.15, -0.1) is 0 Å². The van der Waals surface area contributed by atoms with Crippen LogP contribution >= 0.6 is 0 Å². The monoisotopic (exact) mass is 315 g/mol. The molecule has 1 aliphatic heterocycles. The summed E-state index contributed by atoms with van der Waals surface area (Å²) < 4.78 is 26.3. The molecule has 1 aliphatic rings. The predicted molar refractivity (Wildman–Crippen MR) is 76.1 cm³/mol. The van der Waals surface area contributed by atoms with Crippen LogP contribution in [0.5, 0.6) is 0 Å². The van der Waals surface area contributed by atoms with Crippen molar-refractivity contribution < 1.29 is 18.4 Å². The molecule has 3 N–H and O–H groups in total. The Morgan fingerprint density at radius 3 is 2.81 bits per heavy atom. The number of nitrogen functional groups attached to an aromatic ring is 1. The van der Waals surface area contributed by atoms with Gasteiger partial charge in [0.15, 0.2) is 0 Å². The maximum absolute atomic E-state index is 12.5. The number of sulfonamides is 1. The first-order valence-corrected chi connectivity index (χ1v) is 7.95. The maximum atomic E-state index is 12.5. The predicted octanol–water partition coefficient (Wildman–Crippen LogP) is 0.570. The summed E-state index contributed by atoms with van der Waals surface area (Å²) in [5, 5.41) is 19.7. The molecule has 116 valence electrons. The number of aliphatic hydroxyl groups excluding tert-OH is 1. The summed E-state index contributed by atoms with van der Waals surface area (Å²) in [6, 6.07) is 3.39. The smallest absolute Gasteiger partial charge is 0.270 e. The zero-order chi connectivity index (χ0) is 15.6. The Kier molecular flexibility index (Phi) is 4.45. The van der Waals surface area contributed by atoms with Crippen LogP contribution in [0.2, 0.25) is 0 Å². The summed E-state index contributed by atoms with van der Waals surface area (Å²) in [4.78, 5) is 9.89. The van der Waals surface area contributed by atoms with Crippen molar-refractivity contribution in [1.82, 2.24) is 4.31 Å². The first-order valence-electron chi connectivity index (χ1n) is 6.51. The van der Waals surface area contributed by atoms with E-state index in [0.29, 0.717) is 25.9 Å². The molecule has 0 aromatic heterocycles. The van der Waals surface area contributed by atoms with E-state index in [1.165, 1.54) is 16.4 Å². The van der Waals surface area contributed by atoms with Crippen molar-refractivity contribution in [1.29, 1.82) is 0 Å². The summed E-state index contributed by atoms with van der Waals surface area (Å²) in [6.07, 6.45) is 1.20. The maximum Gasteiger partial charge on any atom is 0.270 e. The first kappa shape index (κ1) is 15.7. The second-order valence-corrected chi connectivity index (χ2v) is 6.92. The highest BCUT2D eigenvalue weighted by Crippen LogP contribution is 2.30. The Bertz CT molecular complexity index is 646. The standard InChI is InChI=1S/C12H17N3O5S/c13-11-2-1-10(15(17)18)7-12(11)21(19,20)14-5-3-9(8-14)4-6-16/h1-2,7,9,16H,3-6,8,13H2. The van der Waals surface area contributed by atoms with Gasteiger partial charge in [-0.25, -0.2) is 8.42 Å². The Balaban J connectivity index is 2.32. The van der Waals surface area contributed by atoms with E-state index < -0.39 is 14.9 Å². The number of anilines is 1. The number of nitro groups is 1. The second-order valence-electron chi connectivity index (χ2n) is 5.01. The Morgan fingerprint density at radius 1 is 1.48 bits per heavy atom. The summed E-state index contributed by atoms with van der Waals surface area (Å²) in [5.74, 6) is 0.102. The molecular weight excluding hydrogens is 298 g/mol. The fourth-order valence-electron chi connectivity index (χ4n) is 2.43. The van der Waals surface area contributed by atoms with Crippen molar-refractivity contribution in [3.63, 3.8) is 0 Å². The highest BCUT2D eigenvalue weighted by molar-refractivity contribution is 7.89. The van der Waals surface area contributed by atoms with Crippen molar-refractivity contribution in [3.8, 4) is 0 Å². The van der Waals surface area contributed by atoms with Crippen molar-refractivity contribution in [3.05, 3.63) is 28.3 Å². The number of hydrogen-bond acceptors (Lipinski definition) is 6. The van der Waals surface area contributed by atoms with E-state index in [1.54, 1.807) is 0 Å². The molecule has 1 fully saturated rings. The largest absolute Gasteiger partial charge is 0.398 e. The van der Waals surface area contributed by atoms with Gasteiger partial charge in [0, 0.05) is 31.8 Å². The van der Waals surface area contributed by atoms with Crippen LogP contribution in [0.4, 0.5) is 11.4 Å². The average Bonchev–Trinajstić information content (AvgIpc) is 2.88. The molecule has 1 atom stereocenters. The van der Waals surface area contributed by atoms with Gasteiger partial charge in [-0.1, -0.05) is 0 Å². The van der Waals surface area contributed by atoms with Crippen molar-refractivity contribution in [2.45, 2.75) is 17.7 Å². The lowest BCUT2D eigenvalue weighted by atomic mass is 10.1. The molecule has 0 spiro atoms. The molecule has 1 unspecified atom stereocenters. The van der Waals surface area contributed by atoms with Crippen LogP contribution < -0.4 is 5.73 Å². The molecule has 0 radical (unpaired) electrons. The molecule has 2 rings (SSSR count). The summed E-state index contributed by atoms with van der Waals surface area (Å²) >= 11 is 0. The summed E-state index contributed by atoms with van der Waals surface area (Å²) in [6.45, 7) is 0.637. The van der Waals surface area contributed by atoms with E-state index in [9.17, 15) is 18.5 Å². The summed E-state index contributed by atoms with van der Waals surface area (Å²) in [5.41, 5.74) is 5.35. The SMILES string of the molecule is Nc1ccc([N+](=O)[O-])cc1S(=O)(=O)N1CCC(CCO)C1. The van der Waals surface area contributed by atoms with Crippen LogP contribution in [0.25, 0.3) is 0 Å². The van der Waals surface area contributed by atoms with Crippen LogP contribution in [0.15, 0.2) is 23.1 Å². The number of hydrogen-bond donors (Lipinski definition) is 2. The number of nitrogens with two attached hydrogens (primary N) is 1. The number of nitro benzene ring substituents is 1. The van der Waals surface area contributed by atoms with Crippen LogP contribution in [-0.4, -0.2) is 42.4 Å². The van der Waals surface area contributed by atoms with Crippen LogP contribution in [0.1, 0.15) is 12.8 Å². The number of aliphatic hydroxyl groups is 1. The van der Waals surface area contributed by atoms with E-state index in [-0.39, 0.29) is 28.8 Å². The zero-order valence-corrected chi connectivity index (χ0v) is 12.1. The third-order valence-corrected chi connectivity index (χ3v) is 5.53. The lowest BCUT2D eigenvalue weighted by Crippen LogP contribution is -2.29. The Hall–Kier alpha value is -1.71. The highest BCUT2D eigenvalue weighted by atomic mass is 32.2. The van der Waals surface area contributed by atoms with Gasteiger partial charge in [-0.3, -0.25) is 10.1 Å². The number of benzene rings is 1. The van der Waals surface area contributed by atoms with Crippen LogP contribution in [0.3, 0.4) is 0 Å². The minimum absolute atomic E-state index is 0.00814. The third-order valence-electron chi connectivity index (χ3n) is 3.61. The molecule has 0 aliphatic carbocycles. The van der Waals surface area contributed by atoms with E-state index in [1.807, 2.05) is 0 Å². The molecule has 1 heterocycles. The normalized spacial score (nSPS) is 19.8. The van der Waals surface area contributed by atoms with E-state index >= 15 is 0 Å². The van der Waals surface area contributed by atoms with Gasteiger partial charge in [0.2, 0.25) is 10.0 Å². The Labute approximate surface area is 122 Å². The molecule has 1 aromatic carbocycles.